The van der Waals surface area contributed by atoms with Crippen LogP contribution in [0.3, 0.4) is 0 Å². The van der Waals surface area contributed by atoms with E-state index in [1.165, 1.54) is 12.1 Å². The summed E-state index contributed by atoms with van der Waals surface area (Å²) in [5.74, 6) is 0. The van der Waals surface area contributed by atoms with Gasteiger partial charge in [0.05, 0.1) is 10.6 Å². The molecule has 20 heavy (non-hydrogen) atoms. The molecule has 0 aliphatic carbocycles. The van der Waals surface area contributed by atoms with Crippen molar-refractivity contribution in [1.82, 2.24) is 0 Å². The van der Waals surface area contributed by atoms with Gasteiger partial charge in [-0.1, -0.05) is 42.5 Å². The lowest BCUT2D eigenvalue weighted by Gasteiger charge is -2.12. The summed E-state index contributed by atoms with van der Waals surface area (Å²) in [7, 11) is -3.61. The molecule has 0 saturated carbocycles. The van der Waals surface area contributed by atoms with Gasteiger partial charge < -0.3 is 5.73 Å². The third-order valence-electron chi connectivity index (χ3n) is 2.82. The lowest BCUT2D eigenvalue weighted by atomic mass is 10.1. The molecule has 0 spiro atoms. The average Bonchev–Trinajstić information content (AvgIpc) is 2.42. The zero-order valence-corrected chi connectivity index (χ0v) is 12.5. The van der Waals surface area contributed by atoms with Crippen molar-refractivity contribution in [1.29, 1.82) is 0 Å². The first-order chi connectivity index (χ1) is 9.40. The highest BCUT2D eigenvalue weighted by Crippen LogP contribution is 2.21. The van der Waals surface area contributed by atoms with Crippen LogP contribution in [0, 0.1) is 6.92 Å². The van der Waals surface area contributed by atoms with Crippen molar-refractivity contribution in [3.05, 3.63) is 59.7 Å². The summed E-state index contributed by atoms with van der Waals surface area (Å²) in [5, 5.41) is 0. The maximum atomic E-state index is 12.3. The van der Waals surface area contributed by atoms with E-state index in [2.05, 4.69) is 4.72 Å². The first kappa shape index (κ1) is 14.5. The van der Waals surface area contributed by atoms with Gasteiger partial charge in [0.2, 0.25) is 0 Å². The van der Waals surface area contributed by atoms with Gasteiger partial charge in [-0.3, -0.25) is 4.72 Å². The zero-order valence-electron chi connectivity index (χ0n) is 10.8. The summed E-state index contributed by atoms with van der Waals surface area (Å²) in [6, 6.07) is 13.4. The van der Waals surface area contributed by atoms with Crippen molar-refractivity contribution in [2.45, 2.75) is 11.8 Å². The second-order valence-electron chi connectivity index (χ2n) is 4.31. The summed E-state index contributed by atoms with van der Waals surface area (Å²) < 4.78 is 27.1. The van der Waals surface area contributed by atoms with Crippen LogP contribution in [0.4, 0.5) is 5.69 Å². The fourth-order valence-corrected chi connectivity index (χ4v) is 2.96. The minimum atomic E-state index is -3.61. The minimum Gasteiger partial charge on any atom is -0.389 e. The second kappa shape index (κ2) is 5.60. The molecule has 0 saturated heterocycles. The Morgan fingerprint density at radius 2 is 1.80 bits per heavy atom. The lowest BCUT2D eigenvalue weighted by molar-refractivity contribution is 0.601. The van der Waals surface area contributed by atoms with Gasteiger partial charge in [-0.2, -0.15) is 0 Å². The van der Waals surface area contributed by atoms with Crippen molar-refractivity contribution >= 4 is 32.9 Å². The Balaban J connectivity index is 2.39. The highest BCUT2D eigenvalue weighted by molar-refractivity contribution is 7.92. The third-order valence-corrected chi connectivity index (χ3v) is 4.44. The van der Waals surface area contributed by atoms with Crippen LogP contribution in [-0.2, 0) is 10.0 Å². The highest BCUT2D eigenvalue weighted by atomic mass is 32.2. The number of hydrogen-bond acceptors (Lipinski definition) is 3. The summed E-state index contributed by atoms with van der Waals surface area (Å²) >= 11 is 4.90. The van der Waals surface area contributed by atoms with Crippen molar-refractivity contribution < 1.29 is 8.42 Å². The summed E-state index contributed by atoms with van der Waals surface area (Å²) in [4.78, 5) is 0.435. The van der Waals surface area contributed by atoms with Crippen molar-refractivity contribution in [2.24, 2.45) is 5.73 Å². The van der Waals surface area contributed by atoms with Crippen LogP contribution < -0.4 is 10.5 Å². The molecule has 0 unspecified atom stereocenters. The van der Waals surface area contributed by atoms with E-state index in [9.17, 15) is 8.42 Å². The van der Waals surface area contributed by atoms with Crippen LogP contribution >= 0.6 is 12.2 Å². The molecule has 0 atom stereocenters. The van der Waals surface area contributed by atoms with Gasteiger partial charge >= 0.3 is 0 Å². The zero-order chi connectivity index (χ0) is 14.8. The second-order valence-corrected chi connectivity index (χ2v) is 6.43. The van der Waals surface area contributed by atoms with E-state index in [0.29, 0.717) is 11.3 Å². The number of aryl methyl sites for hydroxylation is 1. The third kappa shape index (κ3) is 3.15. The Kier molecular flexibility index (Phi) is 4.06. The monoisotopic (exact) mass is 306 g/mol. The van der Waals surface area contributed by atoms with E-state index < -0.39 is 10.0 Å². The van der Waals surface area contributed by atoms with E-state index in [1.54, 1.807) is 36.4 Å². The van der Waals surface area contributed by atoms with E-state index in [0.717, 1.165) is 5.56 Å². The highest BCUT2D eigenvalue weighted by Gasteiger charge is 2.15. The molecule has 0 fully saturated rings. The number of rotatable bonds is 4. The van der Waals surface area contributed by atoms with Crippen molar-refractivity contribution in [3.63, 3.8) is 0 Å². The fraction of sp³-hybridized carbons (Fsp3) is 0.0714. The summed E-state index contributed by atoms with van der Waals surface area (Å²) in [6.45, 7) is 1.81. The molecule has 2 aromatic carbocycles. The van der Waals surface area contributed by atoms with E-state index in [1.807, 2.05) is 6.92 Å². The number of benzene rings is 2. The molecule has 0 heterocycles. The predicted molar refractivity (Wildman–Crippen MR) is 84.3 cm³/mol. The van der Waals surface area contributed by atoms with Gasteiger partial charge in [0.25, 0.3) is 10.0 Å². The Morgan fingerprint density at radius 3 is 2.40 bits per heavy atom. The molecule has 0 aliphatic rings. The Hall–Kier alpha value is -1.92. The molecule has 0 radical (unpaired) electrons. The Bertz CT molecular complexity index is 741. The topological polar surface area (TPSA) is 72.2 Å². The molecule has 0 aliphatic heterocycles. The van der Waals surface area contributed by atoms with Crippen LogP contribution in [-0.4, -0.2) is 13.4 Å². The van der Waals surface area contributed by atoms with Crippen LogP contribution in [0.15, 0.2) is 53.4 Å². The quantitative estimate of drug-likeness (QED) is 0.851. The van der Waals surface area contributed by atoms with Crippen LogP contribution in [0.1, 0.15) is 11.1 Å². The number of anilines is 1. The van der Waals surface area contributed by atoms with E-state index >= 15 is 0 Å². The number of hydrogen-bond donors (Lipinski definition) is 2. The van der Waals surface area contributed by atoms with E-state index in [4.69, 9.17) is 18.0 Å². The van der Waals surface area contributed by atoms with Gasteiger partial charge in [0.1, 0.15) is 4.99 Å². The lowest BCUT2D eigenvalue weighted by Crippen LogP contribution is -2.15. The first-order valence-corrected chi connectivity index (χ1v) is 7.77. The van der Waals surface area contributed by atoms with Crippen LogP contribution in [0.5, 0.6) is 0 Å². The molecule has 104 valence electrons. The smallest absolute Gasteiger partial charge is 0.261 e. The molecule has 0 aromatic heterocycles. The maximum Gasteiger partial charge on any atom is 0.261 e. The number of nitrogens with one attached hydrogen (secondary N) is 1. The average molecular weight is 306 g/mol. The maximum absolute atomic E-state index is 12.3. The number of thiocarbonyl (C=S) groups is 1. The van der Waals surface area contributed by atoms with Gasteiger partial charge in [0.15, 0.2) is 0 Å². The molecule has 3 N–H and O–H groups in total. The first-order valence-electron chi connectivity index (χ1n) is 5.88. The SMILES string of the molecule is Cc1ccc(C(N)=S)cc1NS(=O)(=O)c1ccccc1. The van der Waals surface area contributed by atoms with Gasteiger partial charge in [-0.25, -0.2) is 8.42 Å². The van der Waals surface area contributed by atoms with Crippen molar-refractivity contribution in [2.75, 3.05) is 4.72 Å². The van der Waals surface area contributed by atoms with E-state index in [-0.39, 0.29) is 9.88 Å². The Labute approximate surface area is 123 Å². The van der Waals surface area contributed by atoms with Gasteiger partial charge in [0, 0.05) is 5.56 Å². The number of nitrogens with two attached hydrogens (primary N) is 1. The molecule has 0 bridgehead atoms. The molecule has 6 heteroatoms. The van der Waals surface area contributed by atoms with Crippen LogP contribution in [0.2, 0.25) is 0 Å². The van der Waals surface area contributed by atoms with Gasteiger partial charge in [-0.05, 0) is 30.7 Å². The number of sulfonamides is 1. The minimum absolute atomic E-state index is 0.208. The van der Waals surface area contributed by atoms with Gasteiger partial charge in [-0.15, -0.1) is 0 Å². The normalized spacial score (nSPS) is 11.1. The molecule has 2 rings (SSSR count). The standard InChI is InChI=1S/C14H14N2O2S2/c1-10-7-8-11(14(15)19)9-13(10)16-20(17,18)12-5-3-2-4-6-12/h2-9,16H,1H3,(H2,15,19). The predicted octanol–water partition coefficient (Wildman–Crippen LogP) is 2.43. The molecule has 4 nitrogen and oxygen atoms in total. The summed E-state index contributed by atoms with van der Waals surface area (Å²) in [6.07, 6.45) is 0. The van der Waals surface area contributed by atoms with Crippen molar-refractivity contribution in [3.8, 4) is 0 Å². The Morgan fingerprint density at radius 1 is 1.15 bits per heavy atom. The summed E-state index contributed by atoms with van der Waals surface area (Å²) in [5.41, 5.74) is 7.45. The molecule has 0 amide bonds. The molecular formula is C14H14N2O2S2. The molecular weight excluding hydrogens is 292 g/mol. The molecule has 2 aromatic rings. The van der Waals surface area contributed by atoms with Crippen LogP contribution in [0.25, 0.3) is 0 Å². The fourth-order valence-electron chi connectivity index (χ4n) is 1.69. The largest absolute Gasteiger partial charge is 0.389 e.